The standard InChI is InChI=1S/C22H28N2O2.2C2H4O2.Co/c1-5-17-9-15(3)21(25)19(11-17)13-23-7-8-24-14-20-12-18(6-2)10-16(4)22(20)26;2*1-2(3)4;/h9-14,25-26H,5-8H2,1-4H3;2*1H3,(H,3,4);/q;;;+2/p-2. The SMILES string of the molecule is CC(=O)[O-].CC(=O)[O-].CCc1cc(C)c(O)c(C=NCCN=Cc2cc(CC)cc(C)c2O)c1.[Co+2]. The summed E-state index contributed by atoms with van der Waals surface area (Å²) in [5.74, 6) is -1.60. The minimum Gasteiger partial charge on any atom is -0.550 e. The number of nitrogens with zero attached hydrogens (tertiary/aromatic N) is 2. The zero-order chi connectivity index (χ0) is 26.3. The summed E-state index contributed by atoms with van der Waals surface area (Å²) in [6.45, 7) is 11.0. The molecule has 0 aliphatic carbocycles. The van der Waals surface area contributed by atoms with Crippen molar-refractivity contribution in [3.8, 4) is 11.5 Å². The molecule has 9 heteroatoms. The Kier molecular flexibility index (Phi) is 17.7. The summed E-state index contributed by atoms with van der Waals surface area (Å²) < 4.78 is 0. The van der Waals surface area contributed by atoms with E-state index in [-0.39, 0.29) is 28.3 Å². The van der Waals surface area contributed by atoms with E-state index in [2.05, 4.69) is 23.8 Å². The molecule has 193 valence electrons. The van der Waals surface area contributed by atoms with Crippen LogP contribution in [0.2, 0.25) is 0 Å². The number of aliphatic carboxylic acids is 2. The molecule has 2 aromatic carbocycles. The summed E-state index contributed by atoms with van der Waals surface area (Å²) >= 11 is 0. The van der Waals surface area contributed by atoms with Gasteiger partial charge in [-0.3, -0.25) is 9.98 Å². The van der Waals surface area contributed by atoms with Crippen LogP contribution < -0.4 is 10.2 Å². The van der Waals surface area contributed by atoms with Gasteiger partial charge in [-0.25, -0.2) is 0 Å². The van der Waals surface area contributed by atoms with Crippen molar-refractivity contribution >= 4 is 24.4 Å². The zero-order valence-electron chi connectivity index (χ0n) is 21.0. The molecule has 0 aliphatic heterocycles. The molecule has 0 amide bonds. The number of benzene rings is 2. The van der Waals surface area contributed by atoms with Crippen LogP contribution in [0, 0.1) is 13.8 Å². The van der Waals surface area contributed by atoms with Crippen LogP contribution in [0.4, 0.5) is 0 Å². The van der Waals surface area contributed by atoms with Crippen molar-refractivity contribution in [1.82, 2.24) is 0 Å². The van der Waals surface area contributed by atoms with E-state index in [9.17, 15) is 10.2 Å². The summed E-state index contributed by atoms with van der Waals surface area (Å²) in [6.07, 6.45) is 5.25. The van der Waals surface area contributed by atoms with Crippen molar-refractivity contribution in [3.63, 3.8) is 0 Å². The number of carbonyl (C=O) groups excluding carboxylic acids is 2. The number of phenols is 2. The molecule has 0 heterocycles. The number of carbonyl (C=O) groups is 2. The Morgan fingerprint density at radius 1 is 0.771 bits per heavy atom. The summed E-state index contributed by atoms with van der Waals surface area (Å²) in [6, 6.07) is 7.92. The minimum absolute atomic E-state index is 0. The first-order valence-electron chi connectivity index (χ1n) is 10.9. The number of hydrogen-bond acceptors (Lipinski definition) is 8. The van der Waals surface area contributed by atoms with Gasteiger partial charge in [0.25, 0.3) is 0 Å². The van der Waals surface area contributed by atoms with Crippen LogP contribution in [0.25, 0.3) is 0 Å². The van der Waals surface area contributed by atoms with Gasteiger partial charge >= 0.3 is 16.8 Å². The van der Waals surface area contributed by atoms with Crippen LogP contribution in [-0.4, -0.2) is 47.7 Å². The number of aromatic hydroxyl groups is 2. The van der Waals surface area contributed by atoms with Crippen molar-refractivity contribution in [2.24, 2.45) is 9.98 Å². The maximum atomic E-state index is 10.1. The van der Waals surface area contributed by atoms with E-state index < -0.39 is 11.9 Å². The van der Waals surface area contributed by atoms with Gasteiger partial charge in [-0.15, -0.1) is 0 Å². The van der Waals surface area contributed by atoms with Crippen molar-refractivity contribution in [1.29, 1.82) is 0 Å². The van der Waals surface area contributed by atoms with Crippen LogP contribution in [0.15, 0.2) is 34.3 Å². The average Bonchev–Trinajstić information content (AvgIpc) is 2.75. The third-order valence-electron chi connectivity index (χ3n) is 4.41. The average molecular weight is 529 g/mol. The van der Waals surface area contributed by atoms with Gasteiger partial charge in [0, 0.05) is 35.5 Å². The molecule has 1 radical (unpaired) electrons. The molecule has 8 nitrogen and oxygen atoms in total. The molecule has 35 heavy (non-hydrogen) atoms. The maximum Gasteiger partial charge on any atom is 2.00 e. The number of carboxylic acid groups (broad SMARTS) is 2. The molecular formula is C26H34CoN2O6. The molecule has 0 saturated heterocycles. The van der Waals surface area contributed by atoms with Crippen molar-refractivity contribution in [2.75, 3.05) is 13.1 Å². The molecule has 0 fully saturated rings. The minimum atomic E-state index is -1.08. The van der Waals surface area contributed by atoms with E-state index >= 15 is 0 Å². The quantitative estimate of drug-likeness (QED) is 0.414. The number of phenolic OH excluding ortho intramolecular Hbond substituents is 2. The predicted octanol–water partition coefficient (Wildman–Crippen LogP) is 1.89. The van der Waals surface area contributed by atoms with Crippen molar-refractivity contribution in [3.05, 3.63) is 57.6 Å². The van der Waals surface area contributed by atoms with Crippen LogP contribution >= 0.6 is 0 Å². The smallest absolute Gasteiger partial charge is 0.550 e. The fourth-order valence-corrected chi connectivity index (χ4v) is 2.81. The first kappa shape index (κ1) is 34.0. The van der Waals surface area contributed by atoms with Crippen LogP contribution in [0.3, 0.4) is 0 Å². The van der Waals surface area contributed by atoms with Gasteiger partial charge in [-0.1, -0.05) is 26.0 Å². The van der Waals surface area contributed by atoms with E-state index in [4.69, 9.17) is 19.8 Å². The Morgan fingerprint density at radius 2 is 1.06 bits per heavy atom. The van der Waals surface area contributed by atoms with Crippen molar-refractivity contribution in [2.45, 2.75) is 54.4 Å². The molecule has 0 atom stereocenters. The largest absolute Gasteiger partial charge is 2.00 e. The number of aryl methyl sites for hydroxylation is 4. The van der Waals surface area contributed by atoms with E-state index in [0.29, 0.717) is 13.1 Å². The Morgan fingerprint density at radius 3 is 1.31 bits per heavy atom. The molecule has 0 aliphatic rings. The molecular weight excluding hydrogens is 495 g/mol. The summed E-state index contributed by atoms with van der Waals surface area (Å²) in [5, 5.41) is 38.0. The van der Waals surface area contributed by atoms with E-state index in [1.54, 1.807) is 12.4 Å². The third kappa shape index (κ3) is 14.6. The number of rotatable bonds is 7. The maximum absolute atomic E-state index is 10.1. The first-order valence-corrected chi connectivity index (χ1v) is 10.9. The normalized spacial score (nSPS) is 10.1. The van der Waals surface area contributed by atoms with Crippen LogP contribution in [0.5, 0.6) is 11.5 Å². The van der Waals surface area contributed by atoms with E-state index in [1.807, 2.05) is 38.1 Å². The van der Waals surface area contributed by atoms with Gasteiger partial charge in [-0.2, -0.15) is 0 Å². The number of carboxylic acids is 2. The Hall–Kier alpha value is -3.17. The summed E-state index contributed by atoms with van der Waals surface area (Å²) in [5.41, 5.74) is 5.59. The monoisotopic (exact) mass is 529 g/mol. The number of hydrogen-bond donors (Lipinski definition) is 2. The van der Waals surface area contributed by atoms with E-state index in [1.165, 1.54) is 11.1 Å². The second kappa shape index (κ2) is 18.2. The Labute approximate surface area is 217 Å². The molecule has 0 bridgehead atoms. The molecule has 0 spiro atoms. The Bertz CT molecular complexity index is 930. The van der Waals surface area contributed by atoms with E-state index in [0.717, 1.165) is 48.9 Å². The summed E-state index contributed by atoms with van der Waals surface area (Å²) in [7, 11) is 0. The van der Waals surface area contributed by atoms with Gasteiger partial charge < -0.3 is 30.0 Å². The van der Waals surface area contributed by atoms with Gasteiger partial charge in [-0.05, 0) is 74.9 Å². The zero-order valence-corrected chi connectivity index (χ0v) is 22.1. The fourth-order valence-electron chi connectivity index (χ4n) is 2.81. The Balaban J connectivity index is 0. The predicted molar refractivity (Wildman–Crippen MR) is 131 cm³/mol. The van der Waals surface area contributed by atoms with Gasteiger partial charge in [0.1, 0.15) is 11.5 Å². The second-order valence-electron chi connectivity index (χ2n) is 7.46. The number of aliphatic imine (C=N–C) groups is 2. The van der Waals surface area contributed by atoms with Crippen LogP contribution in [0.1, 0.15) is 61.1 Å². The fraction of sp³-hybridized carbons (Fsp3) is 0.385. The molecule has 2 aromatic rings. The van der Waals surface area contributed by atoms with Gasteiger partial charge in [0.05, 0.1) is 13.1 Å². The molecule has 0 aromatic heterocycles. The molecule has 0 unspecified atom stereocenters. The first-order chi connectivity index (χ1) is 15.9. The van der Waals surface area contributed by atoms with Gasteiger partial charge in [0.2, 0.25) is 0 Å². The van der Waals surface area contributed by atoms with Crippen LogP contribution in [-0.2, 0) is 39.2 Å². The second-order valence-corrected chi connectivity index (χ2v) is 7.46. The van der Waals surface area contributed by atoms with Crippen molar-refractivity contribution < 1.29 is 46.8 Å². The topological polar surface area (TPSA) is 145 Å². The van der Waals surface area contributed by atoms with Gasteiger partial charge in [0.15, 0.2) is 0 Å². The third-order valence-corrected chi connectivity index (χ3v) is 4.41. The molecule has 0 saturated carbocycles. The molecule has 2 N–H and O–H groups in total. The molecule has 2 rings (SSSR count). The summed E-state index contributed by atoms with van der Waals surface area (Å²) in [4.78, 5) is 26.5.